The summed E-state index contributed by atoms with van der Waals surface area (Å²) in [5.41, 5.74) is 2.27. The van der Waals surface area contributed by atoms with Gasteiger partial charge in [-0.1, -0.05) is 29.8 Å². The second kappa shape index (κ2) is 6.91. The molecule has 0 spiro atoms. The maximum Gasteiger partial charge on any atom is 0.315 e. The molecule has 1 unspecified atom stereocenters. The van der Waals surface area contributed by atoms with E-state index in [-0.39, 0.29) is 12.1 Å². The largest absolute Gasteiger partial charge is 0.393 e. The predicted molar refractivity (Wildman–Crippen MR) is 67.7 cm³/mol. The van der Waals surface area contributed by atoms with E-state index in [4.69, 9.17) is 5.11 Å². The Hall–Kier alpha value is -1.55. The van der Waals surface area contributed by atoms with E-state index in [0.29, 0.717) is 19.5 Å². The van der Waals surface area contributed by atoms with Crippen molar-refractivity contribution in [2.75, 3.05) is 6.54 Å². The van der Waals surface area contributed by atoms with Crippen LogP contribution in [-0.4, -0.2) is 23.8 Å². The lowest BCUT2D eigenvalue weighted by molar-refractivity contribution is 0.183. The molecule has 0 aromatic heterocycles. The van der Waals surface area contributed by atoms with Gasteiger partial charge in [0, 0.05) is 13.1 Å². The molecule has 0 radical (unpaired) electrons. The molecular formula is C13H20N2O2. The number of carbonyl (C=O) groups excluding carboxylic acids is 1. The maximum atomic E-state index is 11.4. The van der Waals surface area contributed by atoms with Crippen LogP contribution in [0.1, 0.15) is 24.5 Å². The Labute approximate surface area is 102 Å². The molecule has 0 saturated carbocycles. The van der Waals surface area contributed by atoms with E-state index in [2.05, 4.69) is 10.6 Å². The third-order valence-corrected chi connectivity index (χ3v) is 2.42. The fraction of sp³-hybridized carbons (Fsp3) is 0.462. The van der Waals surface area contributed by atoms with Crippen LogP contribution in [-0.2, 0) is 6.54 Å². The van der Waals surface area contributed by atoms with E-state index in [1.165, 1.54) is 5.56 Å². The van der Waals surface area contributed by atoms with Crippen molar-refractivity contribution in [1.29, 1.82) is 0 Å². The highest BCUT2D eigenvalue weighted by Gasteiger charge is 2.01. The Morgan fingerprint density at radius 1 is 1.29 bits per heavy atom. The van der Waals surface area contributed by atoms with Gasteiger partial charge in [-0.15, -0.1) is 0 Å². The number of hydrogen-bond acceptors (Lipinski definition) is 2. The number of carbonyl (C=O) groups is 1. The molecule has 4 nitrogen and oxygen atoms in total. The minimum atomic E-state index is -0.382. The third-order valence-electron chi connectivity index (χ3n) is 2.42. The van der Waals surface area contributed by atoms with Gasteiger partial charge in [0.1, 0.15) is 0 Å². The molecule has 1 aromatic carbocycles. The van der Waals surface area contributed by atoms with Gasteiger partial charge >= 0.3 is 6.03 Å². The van der Waals surface area contributed by atoms with E-state index in [0.717, 1.165) is 5.56 Å². The lowest BCUT2D eigenvalue weighted by atomic mass is 10.1. The van der Waals surface area contributed by atoms with Crippen molar-refractivity contribution in [2.45, 2.75) is 32.9 Å². The van der Waals surface area contributed by atoms with Gasteiger partial charge in [0.05, 0.1) is 6.10 Å². The van der Waals surface area contributed by atoms with Crippen LogP contribution in [0.4, 0.5) is 4.79 Å². The van der Waals surface area contributed by atoms with E-state index in [1.54, 1.807) is 6.92 Å². The number of urea groups is 1. The molecule has 4 heteroatoms. The summed E-state index contributed by atoms with van der Waals surface area (Å²) < 4.78 is 0. The molecule has 0 fully saturated rings. The van der Waals surface area contributed by atoms with Crippen LogP contribution in [0.5, 0.6) is 0 Å². The Bertz CT molecular complexity index is 347. The summed E-state index contributed by atoms with van der Waals surface area (Å²) in [7, 11) is 0. The minimum absolute atomic E-state index is 0.203. The predicted octanol–water partition coefficient (Wildman–Crippen LogP) is 1.57. The number of aliphatic hydroxyl groups excluding tert-OH is 1. The van der Waals surface area contributed by atoms with Crippen molar-refractivity contribution in [3.63, 3.8) is 0 Å². The van der Waals surface area contributed by atoms with Crippen LogP contribution >= 0.6 is 0 Å². The summed E-state index contributed by atoms with van der Waals surface area (Å²) in [6.45, 7) is 4.73. The first-order chi connectivity index (χ1) is 8.08. The fourth-order valence-electron chi connectivity index (χ4n) is 1.35. The number of amides is 2. The molecule has 1 atom stereocenters. The van der Waals surface area contributed by atoms with Gasteiger partial charge < -0.3 is 15.7 Å². The van der Waals surface area contributed by atoms with Crippen LogP contribution in [0.3, 0.4) is 0 Å². The smallest absolute Gasteiger partial charge is 0.315 e. The van der Waals surface area contributed by atoms with Crippen LogP contribution in [0, 0.1) is 6.92 Å². The van der Waals surface area contributed by atoms with Crippen molar-refractivity contribution in [3.8, 4) is 0 Å². The van der Waals surface area contributed by atoms with Crippen molar-refractivity contribution < 1.29 is 9.90 Å². The average molecular weight is 236 g/mol. The lowest BCUT2D eigenvalue weighted by Gasteiger charge is -2.08. The summed E-state index contributed by atoms with van der Waals surface area (Å²) >= 11 is 0. The highest BCUT2D eigenvalue weighted by Crippen LogP contribution is 2.02. The van der Waals surface area contributed by atoms with Crippen molar-refractivity contribution in [2.24, 2.45) is 0 Å². The summed E-state index contributed by atoms with van der Waals surface area (Å²) in [5, 5.41) is 14.5. The molecule has 0 aliphatic heterocycles. The van der Waals surface area contributed by atoms with Crippen LogP contribution in [0.25, 0.3) is 0 Å². The molecule has 0 bridgehead atoms. The van der Waals surface area contributed by atoms with Gasteiger partial charge in [-0.3, -0.25) is 0 Å². The molecule has 3 N–H and O–H groups in total. The summed E-state index contributed by atoms with van der Waals surface area (Å²) in [6.07, 6.45) is 0.185. The topological polar surface area (TPSA) is 61.4 Å². The first kappa shape index (κ1) is 13.5. The molecule has 0 aliphatic rings. The molecule has 17 heavy (non-hydrogen) atoms. The molecule has 1 rings (SSSR count). The van der Waals surface area contributed by atoms with E-state index in [1.807, 2.05) is 31.2 Å². The Morgan fingerprint density at radius 2 is 1.94 bits per heavy atom. The zero-order valence-corrected chi connectivity index (χ0v) is 10.4. The number of benzene rings is 1. The van der Waals surface area contributed by atoms with E-state index in [9.17, 15) is 4.79 Å². The second-order valence-electron chi connectivity index (χ2n) is 4.23. The molecule has 0 heterocycles. The van der Waals surface area contributed by atoms with Gasteiger partial charge in [0.2, 0.25) is 0 Å². The number of aliphatic hydroxyl groups is 1. The first-order valence-electron chi connectivity index (χ1n) is 5.83. The van der Waals surface area contributed by atoms with E-state index >= 15 is 0 Å². The van der Waals surface area contributed by atoms with E-state index < -0.39 is 0 Å². The van der Waals surface area contributed by atoms with Gasteiger partial charge in [-0.25, -0.2) is 4.79 Å². The van der Waals surface area contributed by atoms with Gasteiger partial charge in [0.15, 0.2) is 0 Å². The van der Waals surface area contributed by atoms with Crippen LogP contribution in [0.15, 0.2) is 24.3 Å². The molecule has 0 saturated heterocycles. The third kappa shape index (κ3) is 5.92. The van der Waals surface area contributed by atoms with Gasteiger partial charge in [-0.05, 0) is 25.8 Å². The highest BCUT2D eigenvalue weighted by atomic mass is 16.3. The minimum Gasteiger partial charge on any atom is -0.393 e. The standard InChI is InChI=1S/C13H20N2O2/c1-10-3-5-12(6-4-10)9-15-13(17)14-8-7-11(2)16/h3-6,11,16H,7-9H2,1-2H3,(H2,14,15,17). The lowest BCUT2D eigenvalue weighted by Crippen LogP contribution is -2.36. The van der Waals surface area contributed by atoms with Gasteiger partial charge in [0.25, 0.3) is 0 Å². The SMILES string of the molecule is Cc1ccc(CNC(=O)NCCC(C)O)cc1. The van der Waals surface area contributed by atoms with Crippen LogP contribution in [0.2, 0.25) is 0 Å². The normalized spacial score (nSPS) is 11.9. The average Bonchev–Trinajstić information content (AvgIpc) is 2.28. The molecule has 2 amide bonds. The molecule has 0 aliphatic carbocycles. The fourth-order valence-corrected chi connectivity index (χ4v) is 1.35. The number of nitrogens with one attached hydrogen (secondary N) is 2. The van der Waals surface area contributed by atoms with Crippen molar-refractivity contribution in [1.82, 2.24) is 10.6 Å². The number of aryl methyl sites for hydroxylation is 1. The monoisotopic (exact) mass is 236 g/mol. The summed E-state index contributed by atoms with van der Waals surface area (Å²) in [4.78, 5) is 11.4. The van der Waals surface area contributed by atoms with Crippen molar-refractivity contribution in [3.05, 3.63) is 35.4 Å². The quantitative estimate of drug-likeness (QED) is 0.726. The summed E-state index contributed by atoms with van der Waals surface area (Å²) in [5.74, 6) is 0. The molecule has 1 aromatic rings. The zero-order valence-electron chi connectivity index (χ0n) is 10.4. The Balaban J connectivity index is 2.21. The molecule has 94 valence electrons. The molecular weight excluding hydrogens is 216 g/mol. The maximum absolute atomic E-state index is 11.4. The number of hydrogen-bond donors (Lipinski definition) is 3. The van der Waals surface area contributed by atoms with Crippen molar-refractivity contribution >= 4 is 6.03 Å². The first-order valence-corrected chi connectivity index (χ1v) is 5.83. The second-order valence-corrected chi connectivity index (χ2v) is 4.23. The van der Waals surface area contributed by atoms with Crippen LogP contribution < -0.4 is 10.6 Å². The summed E-state index contributed by atoms with van der Waals surface area (Å²) in [6, 6.07) is 7.81. The van der Waals surface area contributed by atoms with Gasteiger partial charge in [-0.2, -0.15) is 0 Å². The zero-order chi connectivity index (χ0) is 12.7. The highest BCUT2D eigenvalue weighted by molar-refractivity contribution is 5.73. The Kier molecular flexibility index (Phi) is 5.49. The number of rotatable bonds is 5. The Morgan fingerprint density at radius 3 is 2.53 bits per heavy atom.